The first-order valence-electron chi connectivity index (χ1n) is 8.58. The normalized spacial score (nSPS) is 24.1. The lowest BCUT2D eigenvalue weighted by molar-refractivity contribution is -0.139. The standard InChI is InChI=1S/C16H26N4O4S/c1-16(2)23-11-13(24-16)10-20(12-5-3-4-6-12)25(21,22)14-7-8-15(19-17)18-9-14/h7-9,12-13H,3-6,10-11,17H2,1-2H3,(H,18,19). The van der Waals surface area contributed by atoms with Crippen molar-refractivity contribution in [3.05, 3.63) is 18.3 Å². The van der Waals surface area contributed by atoms with E-state index >= 15 is 0 Å². The van der Waals surface area contributed by atoms with E-state index in [4.69, 9.17) is 15.3 Å². The van der Waals surface area contributed by atoms with E-state index in [9.17, 15) is 8.42 Å². The lowest BCUT2D eigenvalue weighted by atomic mass is 10.2. The molecule has 0 bridgehead atoms. The Morgan fingerprint density at radius 3 is 2.60 bits per heavy atom. The topological polar surface area (TPSA) is 107 Å². The Hall–Kier alpha value is -1.26. The Labute approximate surface area is 148 Å². The van der Waals surface area contributed by atoms with Gasteiger partial charge in [-0.2, -0.15) is 4.31 Å². The molecule has 3 N–H and O–H groups in total. The molecular formula is C16H26N4O4S. The summed E-state index contributed by atoms with van der Waals surface area (Å²) in [4.78, 5) is 4.19. The van der Waals surface area contributed by atoms with Gasteiger partial charge in [0.25, 0.3) is 0 Å². The van der Waals surface area contributed by atoms with Crippen LogP contribution in [0.2, 0.25) is 0 Å². The predicted molar refractivity (Wildman–Crippen MR) is 93.1 cm³/mol. The molecule has 140 valence electrons. The molecule has 25 heavy (non-hydrogen) atoms. The molecule has 1 saturated heterocycles. The fourth-order valence-corrected chi connectivity index (χ4v) is 5.11. The first-order valence-corrected chi connectivity index (χ1v) is 10.0. The molecule has 1 aromatic heterocycles. The van der Waals surface area contributed by atoms with Crippen molar-refractivity contribution in [1.29, 1.82) is 0 Å². The van der Waals surface area contributed by atoms with Gasteiger partial charge in [0.2, 0.25) is 10.0 Å². The van der Waals surface area contributed by atoms with Crippen LogP contribution in [0.5, 0.6) is 0 Å². The Morgan fingerprint density at radius 1 is 1.36 bits per heavy atom. The number of nitrogens with two attached hydrogens (primary N) is 1. The number of nitrogens with zero attached hydrogens (tertiary/aromatic N) is 2. The molecule has 1 aromatic rings. The maximum Gasteiger partial charge on any atom is 0.244 e. The van der Waals surface area contributed by atoms with Gasteiger partial charge in [0, 0.05) is 18.8 Å². The van der Waals surface area contributed by atoms with Crippen molar-refractivity contribution in [2.75, 3.05) is 18.6 Å². The van der Waals surface area contributed by atoms with Crippen LogP contribution in [0.1, 0.15) is 39.5 Å². The van der Waals surface area contributed by atoms with E-state index in [1.54, 1.807) is 10.4 Å². The Balaban J connectivity index is 1.84. The summed E-state index contributed by atoms with van der Waals surface area (Å²) in [6.07, 6.45) is 4.88. The minimum Gasteiger partial charge on any atom is -0.348 e. The monoisotopic (exact) mass is 370 g/mol. The second kappa shape index (κ2) is 7.16. The fraction of sp³-hybridized carbons (Fsp3) is 0.688. The molecule has 1 saturated carbocycles. The number of aromatic nitrogens is 1. The van der Waals surface area contributed by atoms with Crippen LogP contribution in [0.25, 0.3) is 0 Å². The molecule has 8 nitrogen and oxygen atoms in total. The van der Waals surface area contributed by atoms with Crippen molar-refractivity contribution >= 4 is 15.8 Å². The summed E-state index contributed by atoms with van der Waals surface area (Å²) in [5, 5.41) is 0. The molecule has 1 unspecified atom stereocenters. The molecule has 1 atom stereocenters. The fourth-order valence-electron chi connectivity index (χ4n) is 3.44. The number of rotatable bonds is 6. The van der Waals surface area contributed by atoms with E-state index in [-0.39, 0.29) is 23.6 Å². The number of hydrogen-bond donors (Lipinski definition) is 2. The van der Waals surface area contributed by atoms with E-state index in [1.807, 2.05) is 13.8 Å². The number of ether oxygens (including phenoxy) is 2. The van der Waals surface area contributed by atoms with Crippen LogP contribution in [0.15, 0.2) is 23.2 Å². The van der Waals surface area contributed by atoms with Crippen LogP contribution in [0.3, 0.4) is 0 Å². The molecule has 0 aromatic carbocycles. The van der Waals surface area contributed by atoms with E-state index in [2.05, 4.69) is 10.4 Å². The third-order valence-corrected chi connectivity index (χ3v) is 6.58. The van der Waals surface area contributed by atoms with Crippen molar-refractivity contribution in [2.45, 2.75) is 62.4 Å². The molecule has 2 heterocycles. The second-order valence-corrected chi connectivity index (χ2v) is 8.88. The molecule has 2 fully saturated rings. The van der Waals surface area contributed by atoms with Crippen molar-refractivity contribution in [3.8, 4) is 0 Å². The average molecular weight is 370 g/mol. The largest absolute Gasteiger partial charge is 0.348 e. The number of nitrogens with one attached hydrogen (secondary N) is 1. The van der Waals surface area contributed by atoms with Crippen molar-refractivity contribution in [3.63, 3.8) is 0 Å². The van der Waals surface area contributed by atoms with Gasteiger partial charge < -0.3 is 14.9 Å². The highest BCUT2D eigenvalue weighted by atomic mass is 32.2. The summed E-state index contributed by atoms with van der Waals surface area (Å²) >= 11 is 0. The maximum absolute atomic E-state index is 13.2. The van der Waals surface area contributed by atoms with Crippen LogP contribution in [-0.2, 0) is 19.5 Å². The van der Waals surface area contributed by atoms with E-state index in [1.165, 1.54) is 12.3 Å². The number of anilines is 1. The van der Waals surface area contributed by atoms with E-state index in [0.717, 1.165) is 25.7 Å². The molecule has 2 aliphatic rings. The number of hydrogen-bond acceptors (Lipinski definition) is 7. The summed E-state index contributed by atoms with van der Waals surface area (Å²) in [6, 6.07) is 3.07. The van der Waals surface area contributed by atoms with E-state index < -0.39 is 15.8 Å². The zero-order valence-electron chi connectivity index (χ0n) is 14.6. The minimum atomic E-state index is -3.67. The molecule has 0 radical (unpaired) electrons. The quantitative estimate of drug-likeness (QED) is 0.576. The van der Waals surface area contributed by atoms with Gasteiger partial charge in [-0.05, 0) is 38.8 Å². The third kappa shape index (κ3) is 4.12. The average Bonchev–Trinajstić information content (AvgIpc) is 3.22. The smallest absolute Gasteiger partial charge is 0.244 e. The van der Waals surface area contributed by atoms with Crippen molar-refractivity contribution < 1.29 is 17.9 Å². The number of nitrogen functional groups attached to an aromatic ring is 1. The van der Waals surface area contributed by atoms with Crippen molar-refractivity contribution in [2.24, 2.45) is 5.84 Å². The van der Waals surface area contributed by atoms with Crippen molar-refractivity contribution in [1.82, 2.24) is 9.29 Å². The lowest BCUT2D eigenvalue weighted by Crippen LogP contribution is -2.44. The van der Waals surface area contributed by atoms with Crippen LogP contribution in [-0.4, -0.2) is 48.8 Å². The first kappa shape index (κ1) is 18.5. The predicted octanol–water partition coefficient (Wildman–Crippen LogP) is 1.45. The van der Waals surface area contributed by atoms with Gasteiger partial charge in [-0.3, -0.25) is 0 Å². The third-order valence-electron chi connectivity index (χ3n) is 4.67. The number of sulfonamides is 1. The van der Waals surface area contributed by atoms with Gasteiger partial charge in [-0.25, -0.2) is 19.2 Å². The summed E-state index contributed by atoms with van der Waals surface area (Å²) in [5.41, 5.74) is 2.40. The maximum atomic E-state index is 13.2. The minimum absolute atomic E-state index is 0.00961. The van der Waals surface area contributed by atoms with Gasteiger partial charge in [0.1, 0.15) is 10.7 Å². The molecule has 9 heteroatoms. The summed E-state index contributed by atoms with van der Waals surface area (Å²) in [7, 11) is -3.67. The highest BCUT2D eigenvalue weighted by Crippen LogP contribution is 2.31. The van der Waals surface area contributed by atoms with Gasteiger partial charge in [-0.1, -0.05) is 12.8 Å². The van der Waals surface area contributed by atoms with E-state index in [0.29, 0.717) is 12.4 Å². The number of pyridine rings is 1. The zero-order chi connectivity index (χ0) is 18.1. The lowest BCUT2D eigenvalue weighted by Gasteiger charge is -2.30. The molecule has 1 aliphatic carbocycles. The number of hydrazine groups is 1. The Bertz CT molecular complexity index is 687. The molecule has 1 aliphatic heterocycles. The first-order chi connectivity index (χ1) is 11.8. The van der Waals surface area contributed by atoms with Gasteiger partial charge in [-0.15, -0.1) is 0 Å². The van der Waals surface area contributed by atoms with Gasteiger partial charge in [0.15, 0.2) is 5.79 Å². The summed E-state index contributed by atoms with van der Waals surface area (Å²) < 4.78 is 39.4. The van der Waals surface area contributed by atoms with Gasteiger partial charge >= 0.3 is 0 Å². The molecule has 0 spiro atoms. The van der Waals surface area contributed by atoms with Crippen LogP contribution in [0.4, 0.5) is 5.82 Å². The SMILES string of the molecule is CC1(C)OCC(CN(C2CCCC2)S(=O)(=O)c2ccc(NN)nc2)O1. The van der Waals surface area contributed by atoms with Gasteiger partial charge in [0.05, 0.1) is 12.7 Å². The van der Waals surface area contributed by atoms with Crippen LogP contribution < -0.4 is 11.3 Å². The van der Waals surface area contributed by atoms with Crippen LogP contribution >= 0.6 is 0 Å². The van der Waals surface area contributed by atoms with Crippen LogP contribution in [0, 0.1) is 0 Å². The zero-order valence-corrected chi connectivity index (χ0v) is 15.5. The highest BCUT2D eigenvalue weighted by Gasteiger charge is 2.39. The highest BCUT2D eigenvalue weighted by molar-refractivity contribution is 7.89. The Kier molecular flexibility index (Phi) is 5.31. The summed E-state index contributed by atoms with van der Waals surface area (Å²) in [6.45, 7) is 4.35. The summed E-state index contributed by atoms with van der Waals surface area (Å²) in [5.74, 6) is 5.04. The Morgan fingerprint density at radius 2 is 2.08 bits per heavy atom. The molecular weight excluding hydrogens is 344 g/mol. The molecule has 0 amide bonds. The molecule has 3 rings (SSSR count). The second-order valence-electron chi connectivity index (χ2n) is 6.99.